The highest BCUT2D eigenvalue weighted by Crippen LogP contribution is 2.47. The van der Waals surface area contributed by atoms with E-state index >= 15 is 0 Å². The van der Waals surface area contributed by atoms with Gasteiger partial charge in [0.15, 0.2) is 5.92 Å². The maximum absolute atomic E-state index is 12.9. The summed E-state index contributed by atoms with van der Waals surface area (Å²) in [5.74, 6) is -0.501. The van der Waals surface area contributed by atoms with Crippen LogP contribution in [-0.2, 0) is 9.59 Å². The molecule has 2 aliphatic carbocycles. The number of aliphatic imine (C=N–C) groups is 1. The summed E-state index contributed by atoms with van der Waals surface area (Å²) >= 11 is 0. The fourth-order valence-corrected chi connectivity index (χ4v) is 4.41. The lowest BCUT2D eigenvalue weighted by molar-refractivity contribution is -0.141. The number of urea groups is 1. The lowest BCUT2D eigenvalue weighted by Crippen LogP contribution is -2.62. The summed E-state index contributed by atoms with van der Waals surface area (Å²) in [5.41, 5.74) is 0.606. The Bertz CT molecular complexity index is 773. The van der Waals surface area contributed by atoms with Gasteiger partial charge in [0.05, 0.1) is 12.8 Å². The molecular weight excluding hydrogens is 334 g/mol. The number of carbonyl (C=O) groups excluding carboxylic acids is 3. The number of nitrogens with zero attached hydrogens (tertiary/aromatic N) is 2. The molecule has 0 radical (unpaired) electrons. The van der Waals surface area contributed by atoms with Crippen LogP contribution in [0.4, 0.5) is 10.5 Å². The minimum absolute atomic E-state index is 0.0914. The van der Waals surface area contributed by atoms with Gasteiger partial charge in [-0.15, -0.1) is 0 Å². The molecule has 1 aromatic rings. The third kappa shape index (κ3) is 2.87. The maximum Gasteiger partial charge on any atom is 0.331 e. The van der Waals surface area contributed by atoms with Gasteiger partial charge in [0.1, 0.15) is 5.75 Å². The van der Waals surface area contributed by atoms with E-state index in [2.05, 4.69) is 10.3 Å². The fourth-order valence-electron chi connectivity index (χ4n) is 4.41. The summed E-state index contributed by atoms with van der Waals surface area (Å²) in [5, 5.41) is 2.32. The van der Waals surface area contributed by atoms with Crippen molar-refractivity contribution in [1.82, 2.24) is 10.2 Å². The molecule has 3 fully saturated rings. The Hall–Kier alpha value is -2.70. The number of imide groups is 2. The van der Waals surface area contributed by atoms with Crippen molar-refractivity contribution in [2.75, 3.05) is 7.11 Å². The van der Waals surface area contributed by atoms with Crippen molar-refractivity contribution < 1.29 is 19.1 Å². The number of benzene rings is 1. The number of methoxy groups -OCH3 is 1. The molecule has 4 amide bonds. The van der Waals surface area contributed by atoms with E-state index in [1.54, 1.807) is 31.4 Å². The zero-order valence-electron chi connectivity index (χ0n) is 14.6. The number of carbonyl (C=O) groups is 3. The summed E-state index contributed by atoms with van der Waals surface area (Å²) in [6, 6.07) is 6.29. The highest BCUT2D eigenvalue weighted by Gasteiger charge is 2.50. The van der Waals surface area contributed by atoms with Crippen molar-refractivity contribution >= 4 is 29.7 Å². The monoisotopic (exact) mass is 355 g/mol. The molecule has 0 aromatic heterocycles. The predicted molar refractivity (Wildman–Crippen MR) is 94.3 cm³/mol. The van der Waals surface area contributed by atoms with Crippen LogP contribution in [0, 0.1) is 17.8 Å². The van der Waals surface area contributed by atoms with Crippen LogP contribution < -0.4 is 10.1 Å². The molecule has 1 aliphatic heterocycles. The average molecular weight is 355 g/mol. The first-order valence-electron chi connectivity index (χ1n) is 8.93. The zero-order chi connectivity index (χ0) is 18.3. The van der Waals surface area contributed by atoms with E-state index in [-0.39, 0.29) is 6.04 Å². The van der Waals surface area contributed by atoms with Gasteiger partial charge in [0.25, 0.3) is 0 Å². The average Bonchev–Trinajstić information content (AvgIpc) is 3.25. The topological polar surface area (TPSA) is 88.1 Å². The van der Waals surface area contributed by atoms with Gasteiger partial charge in [0.2, 0.25) is 11.8 Å². The zero-order valence-corrected chi connectivity index (χ0v) is 14.6. The van der Waals surface area contributed by atoms with Gasteiger partial charge in [-0.2, -0.15) is 0 Å². The number of ether oxygens (including phenoxy) is 1. The van der Waals surface area contributed by atoms with Crippen molar-refractivity contribution in [3.63, 3.8) is 0 Å². The Morgan fingerprint density at radius 3 is 2.54 bits per heavy atom. The lowest BCUT2D eigenvalue weighted by atomic mass is 9.92. The molecule has 4 rings (SSSR count). The fraction of sp³-hybridized carbons (Fsp3) is 0.474. The third-order valence-corrected chi connectivity index (χ3v) is 5.71. The Morgan fingerprint density at radius 1 is 1.15 bits per heavy atom. The van der Waals surface area contributed by atoms with Crippen molar-refractivity contribution in [2.24, 2.45) is 22.7 Å². The normalized spacial score (nSPS) is 31.0. The second kappa shape index (κ2) is 6.55. The van der Waals surface area contributed by atoms with Crippen LogP contribution in [-0.4, -0.2) is 42.1 Å². The molecule has 7 heteroatoms. The van der Waals surface area contributed by atoms with Crippen LogP contribution in [0.15, 0.2) is 29.3 Å². The SMILES string of the molecule is COc1ccc(N=C[C@@H]2C(=O)NC(=O)N([C@@H]3C[C@H]4CC[C@H]3C4)C2=O)cc1. The number of barbiturate groups is 1. The van der Waals surface area contributed by atoms with Gasteiger partial charge in [-0.3, -0.25) is 24.8 Å². The van der Waals surface area contributed by atoms with Crippen molar-refractivity contribution in [3.8, 4) is 5.75 Å². The summed E-state index contributed by atoms with van der Waals surface area (Å²) < 4.78 is 5.09. The lowest BCUT2D eigenvalue weighted by Gasteiger charge is -2.36. The molecule has 136 valence electrons. The van der Waals surface area contributed by atoms with Gasteiger partial charge in [0, 0.05) is 12.3 Å². The molecule has 26 heavy (non-hydrogen) atoms. The first kappa shape index (κ1) is 16.8. The van der Waals surface area contributed by atoms with Crippen molar-refractivity contribution in [2.45, 2.75) is 31.7 Å². The second-order valence-electron chi connectivity index (χ2n) is 7.20. The standard InChI is InChI=1S/C19H21N3O4/c1-26-14-6-4-13(5-7-14)20-10-15-17(23)21-19(25)22(18(15)24)16-9-11-2-3-12(16)8-11/h4-7,10-12,15-16H,2-3,8-9H2,1H3,(H,21,23,25)/t11-,12-,15+,16+/m0/s1. The highest BCUT2D eigenvalue weighted by molar-refractivity contribution is 6.23. The Labute approximate surface area is 151 Å². The van der Waals surface area contributed by atoms with Gasteiger partial charge in [-0.1, -0.05) is 6.42 Å². The molecule has 2 bridgehead atoms. The van der Waals surface area contributed by atoms with Crippen LogP contribution in [0.1, 0.15) is 25.7 Å². The first-order valence-corrected chi connectivity index (χ1v) is 8.93. The summed E-state index contributed by atoms with van der Waals surface area (Å²) in [4.78, 5) is 42.8. The number of hydrogen-bond acceptors (Lipinski definition) is 5. The quantitative estimate of drug-likeness (QED) is 0.663. The molecular formula is C19H21N3O4. The first-order chi connectivity index (χ1) is 12.6. The molecule has 3 aliphatic rings. The van der Waals surface area contributed by atoms with Crippen molar-refractivity contribution in [3.05, 3.63) is 24.3 Å². The Kier molecular flexibility index (Phi) is 4.22. The van der Waals surface area contributed by atoms with Gasteiger partial charge >= 0.3 is 6.03 Å². The third-order valence-electron chi connectivity index (χ3n) is 5.71. The van der Waals surface area contributed by atoms with E-state index in [1.165, 1.54) is 17.5 Å². The van der Waals surface area contributed by atoms with Crippen LogP contribution in [0.5, 0.6) is 5.75 Å². The van der Waals surface area contributed by atoms with E-state index in [0.717, 1.165) is 19.3 Å². The van der Waals surface area contributed by atoms with Gasteiger partial charge in [-0.25, -0.2) is 4.79 Å². The molecule has 0 unspecified atom stereocenters. The molecule has 4 atom stereocenters. The van der Waals surface area contributed by atoms with Crippen LogP contribution in [0.2, 0.25) is 0 Å². The number of amides is 4. The molecule has 1 aromatic carbocycles. The predicted octanol–water partition coefficient (Wildman–Crippen LogP) is 2.28. The van der Waals surface area contributed by atoms with E-state index < -0.39 is 23.8 Å². The van der Waals surface area contributed by atoms with E-state index in [1.807, 2.05) is 0 Å². The number of fused-ring (bicyclic) bond motifs is 2. The second-order valence-corrected chi connectivity index (χ2v) is 7.20. The summed E-state index contributed by atoms with van der Waals surface area (Å²) in [7, 11) is 1.57. The maximum atomic E-state index is 12.9. The largest absolute Gasteiger partial charge is 0.497 e. The summed E-state index contributed by atoms with van der Waals surface area (Å²) in [6.45, 7) is 0. The van der Waals surface area contributed by atoms with E-state index in [9.17, 15) is 14.4 Å². The van der Waals surface area contributed by atoms with Gasteiger partial charge < -0.3 is 4.74 Å². The molecule has 1 saturated heterocycles. The summed E-state index contributed by atoms with van der Waals surface area (Å²) in [6.07, 6.45) is 5.46. The smallest absolute Gasteiger partial charge is 0.331 e. The minimum Gasteiger partial charge on any atom is -0.497 e. The highest BCUT2D eigenvalue weighted by atomic mass is 16.5. The van der Waals surface area contributed by atoms with Crippen LogP contribution in [0.25, 0.3) is 0 Å². The van der Waals surface area contributed by atoms with Gasteiger partial charge in [-0.05, 0) is 55.4 Å². The Balaban J connectivity index is 1.53. The number of rotatable bonds is 4. The molecule has 0 spiro atoms. The molecule has 1 heterocycles. The van der Waals surface area contributed by atoms with E-state index in [4.69, 9.17) is 4.74 Å². The number of hydrogen-bond donors (Lipinski definition) is 1. The number of nitrogens with one attached hydrogen (secondary N) is 1. The molecule has 2 saturated carbocycles. The van der Waals surface area contributed by atoms with Crippen LogP contribution >= 0.6 is 0 Å². The van der Waals surface area contributed by atoms with Crippen LogP contribution in [0.3, 0.4) is 0 Å². The van der Waals surface area contributed by atoms with E-state index in [0.29, 0.717) is 23.3 Å². The van der Waals surface area contributed by atoms with Crippen molar-refractivity contribution in [1.29, 1.82) is 0 Å². The molecule has 1 N–H and O–H groups in total. The molecule has 7 nitrogen and oxygen atoms in total. The minimum atomic E-state index is -1.08. The Morgan fingerprint density at radius 2 is 1.92 bits per heavy atom.